The molecule has 1 saturated carbocycles. The summed E-state index contributed by atoms with van der Waals surface area (Å²) in [5, 5.41) is 0.858. The van der Waals surface area contributed by atoms with Crippen LogP contribution in [0.1, 0.15) is 43.6 Å². The molecule has 5 rings (SSSR count). The summed E-state index contributed by atoms with van der Waals surface area (Å²) < 4.78 is 31.3. The van der Waals surface area contributed by atoms with E-state index in [4.69, 9.17) is 0 Å². The van der Waals surface area contributed by atoms with E-state index in [1.165, 1.54) is 44.7 Å². The van der Waals surface area contributed by atoms with Crippen molar-refractivity contribution >= 4 is 20.9 Å². The zero-order valence-electron chi connectivity index (χ0n) is 18.5. The lowest BCUT2D eigenvalue weighted by molar-refractivity contribution is 0.443. The molecule has 0 radical (unpaired) electrons. The molecule has 0 aliphatic heterocycles. The standard InChI is InChI=1S/C25H28N4O2S/c1-26-32(30,31)21-12-13-25-22(14-21)23(24-16-28(2)17-27-24)15-29(25)20-10-8-19(9-11-20)18-6-4-3-5-7-18/h8-18,26H,3-7H2,1-2H3. The van der Waals surface area contributed by atoms with E-state index in [1.807, 2.05) is 23.9 Å². The third kappa shape index (κ3) is 3.76. The molecule has 0 bridgehead atoms. The molecule has 0 spiro atoms. The molecule has 1 N–H and O–H groups in total. The van der Waals surface area contributed by atoms with Crippen LogP contribution in [0.2, 0.25) is 0 Å². The van der Waals surface area contributed by atoms with Crippen molar-refractivity contribution in [2.45, 2.75) is 42.9 Å². The van der Waals surface area contributed by atoms with Crippen LogP contribution in [0.5, 0.6) is 0 Å². The zero-order valence-corrected chi connectivity index (χ0v) is 19.3. The summed E-state index contributed by atoms with van der Waals surface area (Å²) in [5.41, 5.74) is 5.14. The first-order valence-corrected chi connectivity index (χ1v) is 12.6. The van der Waals surface area contributed by atoms with Crippen molar-refractivity contribution in [1.82, 2.24) is 18.8 Å². The van der Waals surface area contributed by atoms with Gasteiger partial charge in [0.05, 0.1) is 22.4 Å². The van der Waals surface area contributed by atoms with E-state index in [0.717, 1.165) is 27.8 Å². The summed E-state index contributed by atoms with van der Waals surface area (Å²) >= 11 is 0. The Morgan fingerprint density at radius 3 is 2.41 bits per heavy atom. The van der Waals surface area contributed by atoms with Gasteiger partial charge in [0.25, 0.3) is 0 Å². The third-order valence-corrected chi connectivity index (χ3v) is 8.00. The number of sulfonamides is 1. The number of nitrogens with one attached hydrogen (secondary N) is 1. The molecule has 0 unspecified atom stereocenters. The van der Waals surface area contributed by atoms with Crippen LogP contribution in [-0.2, 0) is 17.1 Å². The molecule has 7 heteroatoms. The van der Waals surface area contributed by atoms with Crippen molar-refractivity contribution in [2.24, 2.45) is 7.05 Å². The molecule has 2 aromatic carbocycles. The predicted octanol–water partition coefficient (Wildman–Crippen LogP) is 4.99. The number of rotatable bonds is 5. The topological polar surface area (TPSA) is 68.9 Å². The Hall–Kier alpha value is -2.90. The van der Waals surface area contributed by atoms with Gasteiger partial charge in [-0.05, 0) is 61.7 Å². The number of nitrogens with zero attached hydrogens (tertiary/aromatic N) is 3. The number of aryl methyl sites for hydroxylation is 1. The lowest BCUT2D eigenvalue weighted by Gasteiger charge is -2.22. The fourth-order valence-electron chi connectivity index (χ4n) is 4.81. The average Bonchev–Trinajstić information content (AvgIpc) is 3.43. The number of hydrogen-bond donors (Lipinski definition) is 1. The zero-order chi connectivity index (χ0) is 22.3. The quantitative estimate of drug-likeness (QED) is 0.468. The fourth-order valence-corrected chi connectivity index (χ4v) is 5.56. The maximum atomic E-state index is 12.4. The number of imidazole rings is 1. The summed E-state index contributed by atoms with van der Waals surface area (Å²) in [6.07, 6.45) is 12.3. The van der Waals surface area contributed by atoms with Gasteiger partial charge in [0.1, 0.15) is 0 Å². The summed E-state index contributed by atoms with van der Waals surface area (Å²) in [4.78, 5) is 4.76. The maximum absolute atomic E-state index is 12.4. The Bertz CT molecular complexity index is 1360. The molecule has 32 heavy (non-hydrogen) atoms. The lowest BCUT2D eigenvalue weighted by atomic mass is 9.84. The van der Waals surface area contributed by atoms with Crippen LogP contribution in [0.15, 0.2) is 66.1 Å². The van der Waals surface area contributed by atoms with Gasteiger partial charge in [-0.3, -0.25) is 0 Å². The summed E-state index contributed by atoms with van der Waals surface area (Å²) in [6.45, 7) is 0. The van der Waals surface area contributed by atoms with Crippen molar-refractivity contribution in [3.05, 3.63) is 66.7 Å². The van der Waals surface area contributed by atoms with Gasteiger partial charge in [0.2, 0.25) is 10.0 Å². The minimum Gasteiger partial charge on any atom is -0.340 e. The van der Waals surface area contributed by atoms with Crippen molar-refractivity contribution in [1.29, 1.82) is 0 Å². The first-order valence-electron chi connectivity index (χ1n) is 11.1. The van der Waals surface area contributed by atoms with Crippen molar-refractivity contribution in [3.63, 3.8) is 0 Å². The van der Waals surface area contributed by atoms with Gasteiger partial charge < -0.3 is 9.13 Å². The second-order valence-electron chi connectivity index (χ2n) is 8.65. The van der Waals surface area contributed by atoms with E-state index < -0.39 is 10.0 Å². The predicted molar refractivity (Wildman–Crippen MR) is 128 cm³/mol. The number of aromatic nitrogens is 3. The van der Waals surface area contributed by atoms with Crippen LogP contribution < -0.4 is 4.72 Å². The van der Waals surface area contributed by atoms with E-state index in [9.17, 15) is 8.42 Å². The molecular weight excluding hydrogens is 420 g/mol. The van der Waals surface area contributed by atoms with Crippen LogP contribution in [0.25, 0.3) is 27.8 Å². The highest BCUT2D eigenvalue weighted by atomic mass is 32.2. The summed E-state index contributed by atoms with van der Waals surface area (Å²) in [5.74, 6) is 0.664. The van der Waals surface area contributed by atoms with Crippen LogP contribution in [0.4, 0.5) is 0 Å². The molecule has 166 valence electrons. The SMILES string of the molecule is CNS(=O)(=O)c1ccc2c(c1)c(-c1cn(C)cn1)cn2-c1ccc(C2CCCCC2)cc1. The molecule has 2 heterocycles. The molecule has 1 aliphatic rings. The minimum absolute atomic E-state index is 0.245. The Balaban J connectivity index is 1.63. The number of benzene rings is 2. The van der Waals surface area contributed by atoms with Gasteiger partial charge in [0, 0.05) is 36.1 Å². The molecule has 1 aliphatic carbocycles. The molecule has 6 nitrogen and oxygen atoms in total. The second-order valence-corrected chi connectivity index (χ2v) is 10.5. The van der Waals surface area contributed by atoms with Gasteiger partial charge in [-0.25, -0.2) is 18.1 Å². The van der Waals surface area contributed by atoms with Crippen molar-refractivity contribution in [2.75, 3.05) is 7.05 Å². The highest BCUT2D eigenvalue weighted by Crippen LogP contribution is 2.35. The third-order valence-electron chi connectivity index (χ3n) is 6.58. The summed E-state index contributed by atoms with van der Waals surface area (Å²) in [6, 6.07) is 14.1. The van der Waals surface area contributed by atoms with Gasteiger partial charge >= 0.3 is 0 Å². The smallest absolute Gasteiger partial charge is 0.240 e. The average molecular weight is 449 g/mol. The highest BCUT2D eigenvalue weighted by molar-refractivity contribution is 7.89. The Morgan fingerprint density at radius 2 is 1.75 bits per heavy atom. The first kappa shape index (κ1) is 21.0. The molecule has 0 amide bonds. The maximum Gasteiger partial charge on any atom is 0.240 e. The van der Waals surface area contributed by atoms with E-state index in [-0.39, 0.29) is 4.90 Å². The lowest BCUT2D eigenvalue weighted by Crippen LogP contribution is -2.18. The summed E-state index contributed by atoms with van der Waals surface area (Å²) in [7, 11) is -0.186. The molecule has 0 atom stereocenters. The fraction of sp³-hybridized carbons (Fsp3) is 0.320. The monoisotopic (exact) mass is 448 g/mol. The van der Waals surface area contributed by atoms with E-state index in [0.29, 0.717) is 5.92 Å². The molecule has 1 fully saturated rings. The molecule has 0 saturated heterocycles. The molecule has 4 aromatic rings. The van der Waals surface area contributed by atoms with Gasteiger partial charge in [-0.15, -0.1) is 0 Å². The molecule has 2 aromatic heterocycles. The second kappa shape index (κ2) is 8.22. The normalized spacial score (nSPS) is 15.4. The van der Waals surface area contributed by atoms with Crippen LogP contribution in [0, 0.1) is 0 Å². The van der Waals surface area contributed by atoms with Gasteiger partial charge in [-0.1, -0.05) is 31.4 Å². The van der Waals surface area contributed by atoms with E-state index >= 15 is 0 Å². The number of fused-ring (bicyclic) bond motifs is 1. The van der Waals surface area contributed by atoms with Crippen LogP contribution in [0.3, 0.4) is 0 Å². The van der Waals surface area contributed by atoms with Crippen molar-refractivity contribution in [3.8, 4) is 16.9 Å². The van der Waals surface area contributed by atoms with E-state index in [1.54, 1.807) is 18.5 Å². The first-order chi connectivity index (χ1) is 15.5. The van der Waals surface area contributed by atoms with E-state index in [2.05, 4.69) is 44.7 Å². The van der Waals surface area contributed by atoms with Crippen LogP contribution >= 0.6 is 0 Å². The Kier molecular flexibility index (Phi) is 5.39. The Morgan fingerprint density at radius 1 is 1.00 bits per heavy atom. The van der Waals surface area contributed by atoms with Crippen LogP contribution in [-0.4, -0.2) is 29.6 Å². The molecular formula is C25H28N4O2S. The van der Waals surface area contributed by atoms with Gasteiger partial charge in [0.15, 0.2) is 0 Å². The largest absolute Gasteiger partial charge is 0.340 e. The Labute approximate surface area is 189 Å². The highest BCUT2D eigenvalue weighted by Gasteiger charge is 2.19. The van der Waals surface area contributed by atoms with Gasteiger partial charge in [-0.2, -0.15) is 0 Å². The minimum atomic E-state index is -3.54. The number of hydrogen-bond acceptors (Lipinski definition) is 3. The van der Waals surface area contributed by atoms with Crippen molar-refractivity contribution < 1.29 is 8.42 Å².